The smallest absolute Gasteiger partial charge is 0.203 e. The second kappa shape index (κ2) is 7.11. The molecular weight excluding hydrogens is 250 g/mol. The summed E-state index contributed by atoms with van der Waals surface area (Å²) in [6.45, 7) is 7.24. The van der Waals surface area contributed by atoms with Crippen LogP contribution in [-0.4, -0.2) is 29.3 Å². The predicted octanol–water partition coefficient (Wildman–Crippen LogP) is 3.78. The quantitative estimate of drug-likeness (QED) is 0.861. The summed E-state index contributed by atoms with van der Waals surface area (Å²) in [4.78, 5) is 4.66. The molecule has 1 heterocycles. The van der Waals surface area contributed by atoms with Crippen molar-refractivity contribution in [1.82, 2.24) is 9.55 Å². The molecule has 0 saturated heterocycles. The molecule has 0 amide bonds. The maximum absolute atomic E-state index is 5.27. The normalized spacial score (nSPS) is 24.6. The van der Waals surface area contributed by atoms with Crippen LogP contribution < -0.4 is 5.32 Å². The van der Waals surface area contributed by atoms with Gasteiger partial charge in [0.05, 0.1) is 18.3 Å². The van der Waals surface area contributed by atoms with Gasteiger partial charge in [0.2, 0.25) is 5.95 Å². The van der Waals surface area contributed by atoms with E-state index in [0.29, 0.717) is 18.7 Å². The first-order valence-corrected chi connectivity index (χ1v) is 7.95. The largest absolute Gasteiger partial charge is 0.383 e. The monoisotopic (exact) mass is 279 g/mol. The van der Waals surface area contributed by atoms with Crippen molar-refractivity contribution in [2.45, 2.75) is 65.0 Å². The molecule has 1 N–H and O–H groups in total. The van der Waals surface area contributed by atoms with Gasteiger partial charge in [-0.25, -0.2) is 4.98 Å². The highest BCUT2D eigenvalue weighted by Crippen LogP contribution is 2.29. The second-order valence-corrected chi connectivity index (χ2v) is 6.20. The van der Waals surface area contributed by atoms with E-state index in [4.69, 9.17) is 4.74 Å². The maximum atomic E-state index is 5.27. The highest BCUT2D eigenvalue weighted by atomic mass is 16.5. The van der Waals surface area contributed by atoms with Gasteiger partial charge in [0, 0.05) is 19.3 Å². The molecule has 20 heavy (non-hydrogen) atoms. The van der Waals surface area contributed by atoms with E-state index < -0.39 is 0 Å². The van der Waals surface area contributed by atoms with Crippen molar-refractivity contribution in [3.05, 3.63) is 11.9 Å². The average Bonchev–Trinajstić information content (AvgIpc) is 2.80. The van der Waals surface area contributed by atoms with Gasteiger partial charge >= 0.3 is 0 Å². The van der Waals surface area contributed by atoms with Crippen LogP contribution in [0.2, 0.25) is 0 Å². The molecular formula is C16H29N3O. The van der Waals surface area contributed by atoms with E-state index in [2.05, 4.69) is 41.8 Å². The fraction of sp³-hybridized carbons (Fsp3) is 0.812. The maximum Gasteiger partial charge on any atom is 0.203 e. The molecule has 3 unspecified atom stereocenters. The number of nitrogens with one attached hydrogen (secondary N) is 1. The van der Waals surface area contributed by atoms with Crippen molar-refractivity contribution in [2.24, 2.45) is 5.92 Å². The molecule has 0 radical (unpaired) electrons. The molecule has 2 rings (SSSR count). The number of nitrogens with zero attached hydrogens (tertiary/aromatic N) is 2. The summed E-state index contributed by atoms with van der Waals surface area (Å²) in [5.41, 5.74) is 1.07. The van der Waals surface area contributed by atoms with E-state index in [-0.39, 0.29) is 0 Å². The topological polar surface area (TPSA) is 39.1 Å². The zero-order valence-electron chi connectivity index (χ0n) is 13.4. The Labute approximate surface area is 122 Å². The minimum Gasteiger partial charge on any atom is -0.383 e. The van der Waals surface area contributed by atoms with Gasteiger partial charge in [-0.1, -0.05) is 26.2 Å². The minimum absolute atomic E-state index is 0.314. The van der Waals surface area contributed by atoms with Crippen LogP contribution in [0, 0.1) is 12.8 Å². The molecule has 0 bridgehead atoms. The Morgan fingerprint density at radius 3 is 3.00 bits per heavy atom. The van der Waals surface area contributed by atoms with Gasteiger partial charge in [0.25, 0.3) is 0 Å². The van der Waals surface area contributed by atoms with Gasteiger partial charge in [0.15, 0.2) is 0 Å². The first-order chi connectivity index (χ1) is 9.63. The molecule has 1 aliphatic rings. The average molecular weight is 279 g/mol. The molecule has 1 aromatic heterocycles. The van der Waals surface area contributed by atoms with Crippen LogP contribution in [0.25, 0.3) is 0 Å². The summed E-state index contributed by atoms with van der Waals surface area (Å²) in [7, 11) is 1.75. The fourth-order valence-electron chi connectivity index (χ4n) is 3.26. The second-order valence-electron chi connectivity index (χ2n) is 6.20. The lowest BCUT2D eigenvalue weighted by Gasteiger charge is -2.30. The van der Waals surface area contributed by atoms with Crippen LogP contribution in [0.1, 0.15) is 57.7 Å². The molecule has 1 aromatic rings. The third-order valence-electron chi connectivity index (χ3n) is 4.43. The lowest BCUT2D eigenvalue weighted by Crippen LogP contribution is -2.29. The van der Waals surface area contributed by atoms with E-state index in [1.165, 1.54) is 32.1 Å². The van der Waals surface area contributed by atoms with E-state index in [1.807, 2.05) is 0 Å². The fourth-order valence-corrected chi connectivity index (χ4v) is 3.26. The standard InChI is InChI=1S/C16H29N3O/c1-5-14-7-6-8-15(9-14)18-16-17-12(2)10-19(16)13(3)11-20-4/h10,13-15H,5-9,11H2,1-4H3,(H,17,18). The highest BCUT2D eigenvalue weighted by molar-refractivity contribution is 5.31. The lowest BCUT2D eigenvalue weighted by atomic mass is 9.84. The van der Waals surface area contributed by atoms with Crippen molar-refractivity contribution in [2.75, 3.05) is 19.0 Å². The first-order valence-electron chi connectivity index (χ1n) is 7.95. The molecule has 1 saturated carbocycles. The number of hydrogen-bond acceptors (Lipinski definition) is 3. The van der Waals surface area contributed by atoms with Crippen LogP contribution in [0.3, 0.4) is 0 Å². The van der Waals surface area contributed by atoms with Crippen molar-refractivity contribution >= 4 is 5.95 Å². The van der Waals surface area contributed by atoms with E-state index >= 15 is 0 Å². The Bertz CT molecular complexity index is 416. The minimum atomic E-state index is 0.314. The first kappa shape index (κ1) is 15.4. The van der Waals surface area contributed by atoms with Crippen molar-refractivity contribution in [1.29, 1.82) is 0 Å². The lowest BCUT2D eigenvalue weighted by molar-refractivity contribution is 0.163. The summed E-state index contributed by atoms with van der Waals surface area (Å²) in [6, 6.07) is 0.887. The number of hydrogen-bond donors (Lipinski definition) is 1. The number of anilines is 1. The molecule has 1 fully saturated rings. The summed E-state index contributed by atoms with van der Waals surface area (Å²) in [5, 5.41) is 3.67. The van der Waals surface area contributed by atoms with Gasteiger partial charge in [-0.2, -0.15) is 0 Å². The number of imidazole rings is 1. The van der Waals surface area contributed by atoms with Crippen LogP contribution in [0.15, 0.2) is 6.20 Å². The van der Waals surface area contributed by atoms with Crippen LogP contribution in [0.5, 0.6) is 0 Å². The molecule has 114 valence electrons. The molecule has 1 aliphatic carbocycles. The van der Waals surface area contributed by atoms with E-state index in [9.17, 15) is 0 Å². The summed E-state index contributed by atoms with van der Waals surface area (Å²) >= 11 is 0. The number of ether oxygens (including phenoxy) is 1. The number of aryl methyl sites for hydroxylation is 1. The Balaban J connectivity index is 2.04. The zero-order chi connectivity index (χ0) is 14.5. The van der Waals surface area contributed by atoms with E-state index in [1.54, 1.807) is 7.11 Å². The Hall–Kier alpha value is -1.03. The molecule has 3 atom stereocenters. The predicted molar refractivity (Wildman–Crippen MR) is 83.2 cm³/mol. The van der Waals surface area contributed by atoms with Crippen LogP contribution in [0.4, 0.5) is 5.95 Å². The summed E-state index contributed by atoms with van der Waals surface area (Å²) < 4.78 is 7.49. The zero-order valence-corrected chi connectivity index (χ0v) is 13.4. The molecule has 4 heteroatoms. The van der Waals surface area contributed by atoms with Gasteiger partial charge in [-0.3, -0.25) is 0 Å². The Morgan fingerprint density at radius 1 is 1.50 bits per heavy atom. The number of methoxy groups -OCH3 is 1. The van der Waals surface area contributed by atoms with Crippen molar-refractivity contribution < 1.29 is 4.74 Å². The van der Waals surface area contributed by atoms with Crippen molar-refractivity contribution in [3.8, 4) is 0 Å². The third kappa shape index (κ3) is 3.75. The van der Waals surface area contributed by atoms with Gasteiger partial charge in [0.1, 0.15) is 0 Å². The Morgan fingerprint density at radius 2 is 2.30 bits per heavy atom. The highest BCUT2D eigenvalue weighted by Gasteiger charge is 2.22. The van der Waals surface area contributed by atoms with Crippen LogP contribution >= 0.6 is 0 Å². The van der Waals surface area contributed by atoms with Gasteiger partial charge in [-0.05, 0) is 32.6 Å². The third-order valence-corrected chi connectivity index (χ3v) is 4.43. The molecule has 0 spiro atoms. The van der Waals surface area contributed by atoms with E-state index in [0.717, 1.165) is 17.6 Å². The SMILES string of the molecule is CCC1CCCC(Nc2nc(C)cn2C(C)COC)C1. The van der Waals surface area contributed by atoms with Crippen LogP contribution in [-0.2, 0) is 4.74 Å². The molecule has 4 nitrogen and oxygen atoms in total. The van der Waals surface area contributed by atoms with Gasteiger partial charge < -0.3 is 14.6 Å². The summed E-state index contributed by atoms with van der Waals surface area (Å²) in [5.74, 6) is 1.89. The number of aromatic nitrogens is 2. The summed E-state index contributed by atoms with van der Waals surface area (Å²) in [6.07, 6.45) is 8.69. The molecule has 0 aliphatic heterocycles. The van der Waals surface area contributed by atoms with Crippen molar-refractivity contribution in [3.63, 3.8) is 0 Å². The van der Waals surface area contributed by atoms with Gasteiger partial charge in [-0.15, -0.1) is 0 Å². The Kier molecular flexibility index (Phi) is 5.46. The molecule has 0 aromatic carbocycles. The number of rotatable bonds is 6.